The van der Waals surface area contributed by atoms with Gasteiger partial charge in [0.15, 0.2) is 11.5 Å². The van der Waals surface area contributed by atoms with Crippen LogP contribution in [0.3, 0.4) is 0 Å². The number of hydrogen-bond donors (Lipinski definition) is 0. The van der Waals surface area contributed by atoms with Crippen molar-refractivity contribution in [3.63, 3.8) is 0 Å². The molecule has 0 N–H and O–H groups in total. The molecular weight excluding hydrogens is 340 g/mol. The highest BCUT2D eigenvalue weighted by Crippen LogP contribution is 2.74. The molecule has 4 bridgehead atoms. The SMILES string of the molecule is COc1ccc2c3c1O[C@@H]1[C@@]4(OC)C=C[C@@]5(C[C@@H]4C#N)[C@@H](C2)N(C)CC[C@]315. The maximum atomic E-state index is 10.0. The summed E-state index contributed by atoms with van der Waals surface area (Å²) in [5.41, 5.74) is 1.78. The number of piperidine rings is 1. The van der Waals surface area contributed by atoms with E-state index in [1.165, 1.54) is 11.1 Å². The van der Waals surface area contributed by atoms with Crippen molar-refractivity contribution in [2.45, 2.75) is 42.4 Å². The van der Waals surface area contributed by atoms with Gasteiger partial charge < -0.3 is 19.1 Å². The molecule has 1 aromatic carbocycles. The van der Waals surface area contributed by atoms with Crippen LogP contribution in [0, 0.1) is 22.7 Å². The van der Waals surface area contributed by atoms with Gasteiger partial charge in [0.1, 0.15) is 11.7 Å². The van der Waals surface area contributed by atoms with Crippen molar-refractivity contribution in [3.8, 4) is 17.6 Å². The summed E-state index contributed by atoms with van der Waals surface area (Å²) in [5.74, 6) is 1.47. The van der Waals surface area contributed by atoms with Crippen molar-refractivity contribution in [1.82, 2.24) is 4.90 Å². The van der Waals surface area contributed by atoms with Gasteiger partial charge in [-0.05, 0) is 44.5 Å². The molecule has 140 valence electrons. The average molecular weight is 364 g/mol. The van der Waals surface area contributed by atoms with E-state index >= 15 is 0 Å². The predicted molar refractivity (Wildman–Crippen MR) is 98.9 cm³/mol. The minimum atomic E-state index is -0.699. The summed E-state index contributed by atoms with van der Waals surface area (Å²) in [7, 11) is 5.66. The summed E-state index contributed by atoms with van der Waals surface area (Å²) in [6, 6.07) is 7.20. The Bertz CT molecular complexity index is 936. The van der Waals surface area contributed by atoms with Gasteiger partial charge >= 0.3 is 0 Å². The van der Waals surface area contributed by atoms with E-state index < -0.39 is 5.60 Å². The van der Waals surface area contributed by atoms with E-state index in [1.54, 1.807) is 14.2 Å². The van der Waals surface area contributed by atoms with E-state index in [2.05, 4.69) is 36.2 Å². The van der Waals surface area contributed by atoms with Crippen molar-refractivity contribution >= 4 is 0 Å². The Labute approximate surface area is 159 Å². The van der Waals surface area contributed by atoms with Crippen molar-refractivity contribution < 1.29 is 14.2 Å². The van der Waals surface area contributed by atoms with E-state index in [1.807, 2.05) is 6.07 Å². The zero-order chi connectivity index (χ0) is 18.6. The first-order valence-corrected chi connectivity index (χ1v) is 9.80. The Morgan fingerprint density at radius 3 is 2.89 bits per heavy atom. The quantitative estimate of drug-likeness (QED) is 0.755. The number of ether oxygens (including phenoxy) is 3. The molecule has 1 aromatic rings. The van der Waals surface area contributed by atoms with Crippen LogP contribution >= 0.6 is 0 Å². The summed E-state index contributed by atoms with van der Waals surface area (Å²) in [6.45, 7) is 1.03. The summed E-state index contributed by atoms with van der Waals surface area (Å²) in [6.07, 6.45) is 7.21. The Kier molecular flexibility index (Phi) is 2.77. The Hall–Kier alpha value is -2.03. The fraction of sp³-hybridized carbons (Fsp3) is 0.591. The monoisotopic (exact) mass is 364 g/mol. The van der Waals surface area contributed by atoms with Gasteiger partial charge in [-0.1, -0.05) is 18.2 Å². The molecule has 7 rings (SSSR count). The Morgan fingerprint density at radius 1 is 1.30 bits per heavy atom. The third-order valence-corrected chi connectivity index (χ3v) is 8.43. The van der Waals surface area contributed by atoms with Crippen molar-refractivity contribution in [3.05, 3.63) is 35.4 Å². The second-order valence-corrected chi connectivity index (χ2v) is 8.87. The zero-order valence-electron chi connectivity index (χ0n) is 16.0. The second-order valence-electron chi connectivity index (χ2n) is 8.87. The van der Waals surface area contributed by atoms with Crippen molar-refractivity contribution in [2.75, 3.05) is 27.8 Å². The normalized spacial score (nSPS) is 45.2. The molecule has 2 aliphatic heterocycles. The number of methoxy groups -OCH3 is 2. The highest BCUT2D eigenvalue weighted by molar-refractivity contribution is 5.65. The fourth-order valence-corrected chi connectivity index (χ4v) is 7.35. The van der Waals surface area contributed by atoms with Gasteiger partial charge in [-0.2, -0.15) is 5.26 Å². The summed E-state index contributed by atoms with van der Waals surface area (Å²) in [5, 5.41) is 10.0. The molecule has 6 aliphatic rings. The van der Waals surface area contributed by atoms with Crippen LogP contribution in [0.25, 0.3) is 0 Å². The lowest BCUT2D eigenvalue weighted by atomic mass is 9.37. The topological polar surface area (TPSA) is 54.7 Å². The van der Waals surface area contributed by atoms with Crippen molar-refractivity contribution in [1.29, 1.82) is 5.26 Å². The first kappa shape index (κ1) is 16.0. The Morgan fingerprint density at radius 2 is 2.15 bits per heavy atom. The number of hydrogen-bond acceptors (Lipinski definition) is 5. The van der Waals surface area contributed by atoms with Crippen LogP contribution in [-0.4, -0.2) is 50.5 Å². The summed E-state index contributed by atoms with van der Waals surface area (Å²) >= 11 is 0. The molecule has 5 nitrogen and oxygen atoms in total. The minimum Gasteiger partial charge on any atom is -0.493 e. The van der Waals surface area contributed by atoms with Crippen LogP contribution in [0.2, 0.25) is 0 Å². The molecule has 5 heteroatoms. The van der Waals surface area contributed by atoms with E-state index in [-0.39, 0.29) is 22.9 Å². The molecule has 4 aliphatic carbocycles. The van der Waals surface area contributed by atoms with Crippen LogP contribution in [0.15, 0.2) is 24.3 Å². The molecule has 6 atom stereocenters. The predicted octanol–water partition coefficient (Wildman–Crippen LogP) is 2.44. The van der Waals surface area contributed by atoms with Crippen molar-refractivity contribution in [2.24, 2.45) is 11.3 Å². The standard InChI is InChI=1S/C22H24N2O3/c1-24-9-8-21-17-13-4-5-15(25-2)18(17)27-19(21)22(26-3)7-6-20(21,16(24)10-13)11-14(22)12-23/h4-7,14,16,19H,8-11H2,1-3H3/t14-,16-,19+,20-,21+,22-/m1/s1. The number of nitriles is 1. The highest BCUT2D eigenvalue weighted by atomic mass is 16.6. The molecule has 2 heterocycles. The lowest BCUT2D eigenvalue weighted by molar-refractivity contribution is -0.203. The third kappa shape index (κ3) is 1.40. The number of benzene rings is 1. The van der Waals surface area contributed by atoms with E-state index in [9.17, 15) is 5.26 Å². The summed E-state index contributed by atoms with van der Waals surface area (Å²) < 4.78 is 18.5. The van der Waals surface area contributed by atoms with E-state index in [4.69, 9.17) is 14.2 Å². The van der Waals surface area contributed by atoms with E-state index in [0.717, 1.165) is 37.3 Å². The molecule has 2 fully saturated rings. The fourth-order valence-electron chi connectivity index (χ4n) is 7.35. The molecular formula is C22H24N2O3. The number of likely N-dealkylation sites (tertiary alicyclic amines) is 1. The first-order valence-electron chi connectivity index (χ1n) is 9.80. The number of fused-ring (bicyclic) bond motifs is 1. The second kappa shape index (κ2) is 4.68. The number of rotatable bonds is 2. The highest BCUT2D eigenvalue weighted by Gasteiger charge is 2.79. The van der Waals surface area contributed by atoms with Crippen LogP contribution in [0.5, 0.6) is 11.5 Å². The van der Waals surface area contributed by atoms with Gasteiger partial charge in [-0.25, -0.2) is 0 Å². The molecule has 2 spiro atoms. The van der Waals surface area contributed by atoms with Gasteiger partial charge in [0, 0.05) is 24.1 Å². The molecule has 0 aromatic heterocycles. The van der Waals surface area contributed by atoms with Crippen LogP contribution in [0.1, 0.15) is 24.0 Å². The smallest absolute Gasteiger partial charge is 0.166 e. The largest absolute Gasteiger partial charge is 0.493 e. The van der Waals surface area contributed by atoms with E-state index in [0.29, 0.717) is 6.04 Å². The number of likely N-dealkylation sites (N-methyl/N-ethyl adjacent to an activating group) is 1. The van der Waals surface area contributed by atoms with Crippen LogP contribution in [-0.2, 0) is 16.6 Å². The average Bonchev–Trinajstić information content (AvgIpc) is 3.07. The van der Waals surface area contributed by atoms with Gasteiger partial charge in [0.2, 0.25) is 0 Å². The Balaban J connectivity index is 1.73. The van der Waals surface area contributed by atoms with Gasteiger partial charge in [-0.3, -0.25) is 0 Å². The lowest BCUT2D eigenvalue weighted by Gasteiger charge is -2.70. The minimum absolute atomic E-state index is 0.0873. The summed E-state index contributed by atoms with van der Waals surface area (Å²) in [4.78, 5) is 2.50. The molecule has 0 radical (unpaired) electrons. The number of nitrogens with zero attached hydrogens (tertiary/aromatic N) is 2. The third-order valence-electron chi connectivity index (χ3n) is 8.43. The molecule has 0 amide bonds. The van der Waals surface area contributed by atoms with Gasteiger partial charge in [-0.15, -0.1) is 0 Å². The van der Waals surface area contributed by atoms with Gasteiger partial charge in [0.05, 0.1) is 24.5 Å². The first-order chi connectivity index (χ1) is 13.1. The molecule has 0 unspecified atom stereocenters. The van der Waals surface area contributed by atoms with Crippen LogP contribution < -0.4 is 9.47 Å². The zero-order valence-corrected chi connectivity index (χ0v) is 16.0. The van der Waals surface area contributed by atoms with Crippen LogP contribution in [0.4, 0.5) is 0 Å². The van der Waals surface area contributed by atoms with Gasteiger partial charge in [0.25, 0.3) is 0 Å². The molecule has 1 saturated carbocycles. The molecule has 27 heavy (non-hydrogen) atoms. The molecule has 1 saturated heterocycles. The maximum Gasteiger partial charge on any atom is 0.166 e. The maximum absolute atomic E-state index is 10.0. The lowest BCUT2D eigenvalue weighted by Crippen LogP contribution is -2.78.